The van der Waals surface area contributed by atoms with Gasteiger partial charge in [0.2, 0.25) is 0 Å². The van der Waals surface area contributed by atoms with E-state index < -0.39 is 0 Å². The highest BCUT2D eigenvalue weighted by Gasteiger charge is 2.53. The molecule has 0 aromatic heterocycles. The molecule has 2 aliphatic heterocycles. The van der Waals surface area contributed by atoms with Gasteiger partial charge >= 0.3 is 0 Å². The predicted molar refractivity (Wildman–Crippen MR) is 157 cm³/mol. The molecule has 5 aliphatic rings. The molecule has 0 spiro atoms. The van der Waals surface area contributed by atoms with Gasteiger partial charge in [0, 0.05) is 0 Å². The van der Waals surface area contributed by atoms with Crippen molar-refractivity contribution in [1.82, 2.24) is 0 Å². The molecule has 0 N–H and O–H groups in total. The van der Waals surface area contributed by atoms with Crippen molar-refractivity contribution in [3.63, 3.8) is 0 Å². The lowest BCUT2D eigenvalue weighted by Gasteiger charge is -2.30. The van der Waals surface area contributed by atoms with Crippen molar-refractivity contribution in [2.24, 2.45) is 29.6 Å². The summed E-state index contributed by atoms with van der Waals surface area (Å²) in [6.07, 6.45) is 27.3. The average molecular weight is 521 g/mol. The first-order valence-electron chi connectivity index (χ1n) is 17.1. The lowest BCUT2D eigenvalue weighted by molar-refractivity contribution is 0.189. The number of ether oxygens (including phenoxy) is 2. The van der Waals surface area contributed by atoms with Gasteiger partial charge < -0.3 is 9.47 Å². The zero-order valence-corrected chi connectivity index (χ0v) is 24.6. The Morgan fingerprint density at radius 2 is 1.03 bits per heavy atom. The van der Waals surface area contributed by atoms with Crippen LogP contribution in [0.25, 0.3) is 0 Å². The number of benzene rings is 1. The monoisotopic (exact) mass is 520 g/mol. The summed E-state index contributed by atoms with van der Waals surface area (Å²) < 4.78 is 12.8. The molecule has 1 aromatic carbocycles. The maximum absolute atomic E-state index is 6.43. The van der Waals surface area contributed by atoms with Gasteiger partial charge in [-0.25, -0.2) is 0 Å². The molecule has 3 saturated carbocycles. The van der Waals surface area contributed by atoms with E-state index in [0.717, 1.165) is 35.5 Å². The SMILES string of the molecule is CCCCCc1ccc(C2CCC(C3OC3C3CCC(C4OC4C4CCC(CCC)CC4)CC3)CC2)cc1. The van der Waals surface area contributed by atoms with Crippen LogP contribution < -0.4 is 0 Å². The number of unbranched alkanes of at least 4 members (excludes halogenated alkanes) is 2. The molecule has 0 bridgehead atoms. The summed E-state index contributed by atoms with van der Waals surface area (Å²) in [5.74, 6) is 5.15. The Morgan fingerprint density at radius 1 is 0.553 bits per heavy atom. The maximum Gasteiger partial charge on any atom is 0.0872 e. The van der Waals surface area contributed by atoms with Gasteiger partial charge in [0.25, 0.3) is 0 Å². The third kappa shape index (κ3) is 6.54. The summed E-state index contributed by atoms with van der Waals surface area (Å²) in [7, 11) is 0. The first-order chi connectivity index (χ1) is 18.7. The molecule has 6 rings (SSSR count). The first kappa shape index (κ1) is 27.3. The smallest absolute Gasteiger partial charge is 0.0872 e. The van der Waals surface area contributed by atoms with Gasteiger partial charge in [0.1, 0.15) is 0 Å². The summed E-state index contributed by atoms with van der Waals surface area (Å²) >= 11 is 0. The summed E-state index contributed by atoms with van der Waals surface area (Å²) in [6.45, 7) is 4.63. The van der Waals surface area contributed by atoms with Crippen LogP contribution in [-0.4, -0.2) is 24.4 Å². The van der Waals surface area contributed by atoms with Gasteiger partial charge in [-0.05, 0) is 124 Å². The standard InChI is InChI=1S/C36H56O2/c1-3-5-6-8-26-9-13-27(14-10-26)28-17-19-30(20-18-28)34-36(38-34)32-23-21-31(22-24-32)35-33(37-35)29-15-11-25(7-4-2)12-16-29/h9-10,13-14,25,28-36H,3-8,11-12,15-24H2,1-2H3. The quantitative estimate of drug-likeness (QED) is 0.214. The molecule has 0 radical (unpaired) electrons. The van der Waals surface area contributed by atoms with E-state index in [1.807, 2.05) is 0 Å². The lowest BCUT2D eigenvalue weighted by Crippen LogP contribution is -2.27. The van der Waals surface area contributed by atoms with Crippen molar-refractivity contribution in [3.8, 4) is 0 Å². The van der Waals surface area contributed by atoms with Gasteiger partial charge in [-0.3, -0.25) is 0 Å². The molecule has 4 unspecified atom stereocenters. The number of aryl methyl sites for hydroxylation is 1. The zero-order valence-electron chi connectivity index (χ0n) is 24.6. The fourth-order valence-electron chi connectivity index (χ4n) is 9.12. The van der Waals surface area contributed by atoms with Gasteiger partial charge in [0.05, 0.1) is 24.4 Å². The number of hydrogen-bond donors (Lipinski definition) is 0. The molecule has 5 fully saturated rings. The minimum Gasteiger partial charge on any atom is -0.369 e. The topological polar surface area (TPSA) is 25.1 Å². The van der Waals surface area contributed by atoms with Crippen molar-refractivity contribution >= 4 is 0 Å². The molecule has 1 aromatic rings. The minimum atomic E-state index is 0.585. The Hall–Kier alpha value is -0.860. The van der Waals surface area contributed by atoms with Crippen LogP contribution in [0.1, 0.15) is 140 Å². The van der Waals surface area contributed by atoms with Gasteiger partial charge in [-0.2, -0.15) is 0 Å². The van der Waals surface area contributed by atoms with E-state index in [1.165, 1.54) is 121 Å². The Bertz CT molecular complexity index is 839. The molecular weight excluding hydrogens is 464 g/mol. The van der Waals surface area contributed by atoms with Crippen LogP contribution in [-0.2, 0) is 15.9 Å². The van der Waals surface area contributed by atoms with E-state index in [2.05, 4.69) is 38.1 Å². The van der Waals surface area contributed by atoms with Gasteiger partial charge in [-0.1, -0.05) is 76.6 Å². The molecule has 0 amide bonds. The van der Waals surface area contributed by atoms with Crippen LogP contribution in [0.2, 0.25) is 0 Å². The van der Waals surface area contributed by atoms with E-state index in [0.29, 0.717) is 24.4 Å². The van der Waals surface area contributed by atoms with Crippen LogP contribution in [0.15, 0.2) is 24.3 Å². The summed E-state index contributed by atoms with van der Waals surface area (Å²) in [4.78, 5) is 0. The minimum absolute atomic E-state index is 0.585. The highest BCUT2D eigenvalue weighted by molar-refractivity contribution is 5.26. The van der Waals surface area contributed by atoms with Gasteiger partial charge in [-0.15, -0.1) is 0 Å². The highest BCUT2D eigenvalue weighted by atomic mass is 16.6. The molecule has 2 nitrogen and oxygen atoms in total. The van der Waals surface area contributed by atoms with Crippen molar-refractivity contribution in [2.45, 2.75) is 160 Å². The van der Waals surface area contributed by atoms with Crippen molar-refractivity contribution in [2.75, 3.05) is 0 Å². The maximum atomic E-state index is 6.43. The Morgan fingerprint density at radius 3 is 1.50 bits per heavy atom. The Kier molecular flexibility index (Phi) is 9.17. The second-order valence-electron chi connectivity index (χ2n) is 14.2. The van der Waals surface area contributed by atoms with Crippen LogP contribution in [0, 0.1) is 29.6 Å². The van der Waals surface area contributed by atoms with E-state index in [9.17, 15) is 0 Å². The molecule has 38 heavy (non-hydrogen) atoms. The van der Waals surface area contributed by atoms with E-state index in [-0.39, 0.29) is 0 Å². The first-order valence-corrected chi connectivity index (χ1v) is 17.1. The number of rotatable bonds is 11. The third-order valence-electron chi connectivity index (χ3n) is 11.7. The fourth-order valence-corrected chi connectivity index (χ4v) is 9.12. The van der Waals surface area contributed by atoms with Crippen molar-refractivity contribution in [1.29, 1.82) is 0 Å². The van der Waals surface area contributed by atoms with Crippen molar-refractivity contribution in [3.05, 3.63) is 35.4 Å². The highest BCUT2D eigenvalue weighted by Crippen LogP contribution is 2.51. The summed E-state index contributed by atoms with van der Waals surface area (Å²) in [5.41, 5.74) is 3.11. The van der Waals surface area contributed by atoms with Crippen LogP contribution in [0.3, 0.4) is 0 Å². The molecule has 2 saturated heterocycles. The van der Waals surface area contributed by atoms with Crippen LogP contribution >= 0.6 is 0 Å². The molecular formula is C36H56O2. The molecule has 2 heteroatoms. The summed E-state index contributed by atoms with van der Waals surface area (Å²) in [5, 5.41) is 0. The molecule has 2 heterocycles. The van der Waals surface area contributed by atoms with E-state index in [1.54, 1.807) is 5.56 Å². The van der Waals surface area contributed by atoms with Gasteiger partial charge in [0.15, 0.2) is 0 Å². The molecule has 212 valence electrons. The lowest BCUT2D eigenvalue weighted by atomic mass is 9.73. The van der Waals surface area contributed by atoms with Crippen LogP contribution in [0.4, 0.5) is 0 Å². The van der Waals surface area contributed by atoms with Crippen molar-refractivity contribution < 1.29 is 9.47 Å². The Balaban J connectivity index is 0.882. The second-order valence-corrected chi connectivity index (χ2v) is 14.2. The van der Waals surface area contributed by atoms with E-state index >= 15 is 0 Å². The average Bonchev–Trinajstić information content (AvgIpc) is 3.89. The fraction of sp³-hybridized carbons (Fsp3) is 0.833. The Labute approximate surface area is 234 Å². The third-order valence-corrected chi connectivity index (χ3v) is 11.7. The summed E-state index contributed by atoms with van der Waals surface area (Å²) in [6, 6.07) is 9.68. The largest absolute Gasteiger partial charge is 0.369 e. The van der Waals surface area contributed by atoms with E-state index in [4.69, 9.17) is 9.47 Å². The zero-order chi connectivity index (χ0) is 25.9. The molecule has 3 aliphatic carbocycles. The molecule has 4 atom stereocenters. The predicted octanol–water partition coefficient (Wildman–Crippen LogP) is 9.64. The second kappa shape index (κ2) is 12.8. The normalized spacial score (nSPS) is 41.1. The van der Waals surface area contributed by atoms with Crippen LogP contribution in [0.5, 0.6) is 0 Å². The number of epoxide rings is 2. The number of hydrogen-bond acceptors (Lipinski definition) is 2.